The van der Waals surface area contributed by atoms with Crippen molar-refractivity contribution < 1.29 is 0 Å². The highest BCUT2D eigenvalue weighted by molar-refractivity contribution is 7.73. The quantitative estimate of drug-likeness (QED) is 0.555. The van der Waals surface area contributed by atoms with Crippen LogP contribution in [-0.4, -0.2) is 53.3 Å². The Kier molecular flexibility index (Phi) is 9.10. The number of nitrogens with zero attached hydrogens (tertiary/aromatic N) is 3. The lowest BCUT2D eigenvalue weighted by Crippen LogP contribution is -2.45. The summed E-state index contributed by atoms with van der Waals surface area (Å²) in [5, 5.41) is 1.34. The van der Waals surface area contributed by atoms with Gasteiger partial charge in [-0.15, -0.1) is 14.0 Å². The lowest BCUT2D eigenvalue weighted by molar-refractivity contribution is 0.335. The molecule has 4 heteroatoms. The molecular formula is C15H35N3P+. The first-order valence-corrected chi connectivity index (χ1v) is 9.46. The van der Waals surface area contributed by atoms with Gasteiger partial charge in [-0.05, 0) is 48.5 Å². The Bertz CT molecular complexity index is 225. The maximum atomic E-state index is 4.40. The van der Waals surface area contributed by atoms with E-state index < -0.39 is 7.71 Å². The third-order valence-corrected chi connectivity index (χ3v) is 8.97. The average Bonchev–Trinajstić information content (AvgIpc) is 2.41. The zero-order valence-electron chi connectivity index (χ0n) is 14.2. The molecule has 0 aliphatic carbocycles. The van der Waals surface area contributed by atoms with Crippen LogP contribution in [0.4, 0.5) is 0 Å². The van der Waals surface area contributed by atoms with Crippen molar-refractivity contribution in [1.82, 2.24) is 14.0 Å². The number of hydrogen-bond acceptors (Lipinski definition) is 3. The molecule has 0 N–H and O–H groups in total. The molecule has 0 spiro atoms. The number of rotatable bonds is 10. The molecule has 0 aliphatic rings. The summed E-state index contributed by atoms with van der Waals surface area (Å²) >= 11 is 0. The van der Waals surface area contributed by atoms with Crippen molar-refractivity contribution in [2.24, 2.45) is 0 Å². The van der Waals surface area contributed by atoms with E-state index in [0.717, 1.165) is 39.3 Å². The van der Waals surface area contributed by atoms with Gasteiger partial charge in [0.05, 0.1) is 0 Å². The van der Waals surface area contributed by atoms with E-state index >= 15 is 0 Å². The van der Waals surface area contributed by atoms with E-state index in [4.69, 9.17) is 0 Å². The molecule has 0 aromatic rings. The Morgan fingerprint density at radius 1 is 0.684 bits per heavy atom. The van der Waals surface area contributed by atoms with E-state index in [0.29, 0.717) is 0 Å². The molecule has 19 heavy (non-hydrogen) atoms. The van der Waals surface area contributed by atoms with Gasteiger partial charge in [0.25, 0.3) is 7.71 Å². The van der Waals surface area contributed by atoms with Gasteiger partial charge >= 0.3 is 0 Å². The number of allylic oxidation sites excluding steroid dienone is 1. The molecule has 0 radical (unpaired) electrons. The molecule has 0 fully saturated rings. The largest absolute Gasteiger partial charge is 0.256 e. The SMILES string of the molecule is C=C(C)[P+](N(CC)CC)(N(CC)CC)N(CC)CC. The second-order valence-electron chi connectivity index (χ2n) is 4.72. The van der Waals surface area contributed by atoms with Gasteiger partial charge in [-0.25, -0.2) is 0 Å². The van der Waals surface area contributed by atoms with E-state index in [2.05, 4.69) is 69.1 Å². The average molecular weight is 288 g/mol. The normalized spacial score (nSPS) is 12.7. The molecule has 0 aliphatic heterocycles. The predicted octanol–water partition coefficient (Wildman–Crippen LogP) is 4.31. The van der Waals surface area contributed by atoms with Crippen LogP contribution in [0.1, 0.15) is 48.5 Å². The maximum Gasteiger partial charge on any atom is 0.256 e. The van der Waals surface area contributed by atoms with Gasteiger partial charge in [0.1, 0.15) is 5.31 Å². The lowest BCUT2D eigenvalue weighted by Gasteiger charge is -2.46. The molecule has 0 aromatic carbocycles. The monoisotopic (exact) mass is 288 g/mol. The van der Waals surface area contributed by atoms with Crippen LogP contribution in [0.5, 0.6) is 0 Å². The molecule has 0 bridgehead atoms. The van der Waals surface area contributed by atoms with Crippen molar-refractivity contribution in [3.8, 4) is 0 Å². The van der Waals surface area contributed by atoms with Crippen LogP contribution in [-0.2, 0) is 0 Å². The van der Waals surface area contributed by atoms with Crippen LogP contribution >= 0.6 is 7.71 Å². The molecule has 3 nitrogen and oxygen atoms in total. The maximum absolute atomic E-state index is 4.40. The molecule has 0 aromatic heterocycles. The molecule has 0 atom stereocenters. The van der Waals surface area contributed by atoms with Crippen molar-refractivity contribution >= 4 is 7.71 Å². The van der Waals surface area contributed by atoms with Gasteiger partial charge in [-0.1, -0.05) is 6.58 Å². The summed E-state index contributed by atoms with van der Waals surface area (Å²) in [6.45, 7) is 26.8. The summed E-state index contributed by atoms with van der Waals surface area (Å²) in [7, 11) is -1.59. The van der Waals surface area contributed by atoms with Crippen molar-refractivity contribution in [3.05, 3.63) is 11.9 Å². The third kappa shape index (κ3) is 3.58. The first-order valence-electron chi connectivity index (χ1n) is 7.82. The Hall–Kier alpha value is 0.0500. The van der Waals surface area contributed by atoms with E-state index in [1.165, 1.54) is 5.31 Å². The minimum atomic E-state index is -1.59. The summed E-state index contributed by atoms with van der Waals surface area (Å²) in [5.74, 6) is 0. The number of hydrogen-bond donors (Lipinski definition) is 0. The molecule has 0 unspecified atom stereocenters. The first-order chi connectivity index (χ1) is 9.00. The topological polar surface area (TPSA) is 9.72 Å². The van der Waals surface area contributed by atoms with Crippen LogP contribution in [0.3, 0.4) is 0 Å². The van der Waals surface area contributed by atoms with Crippen molar-refractivity contribution in [2.45, 2.75) is 48.5 Å². The first kappa shape index (κ1) is 19.1. The van der Waals surface area contributed by atoms with E-state index in [1.54, 1.807) is 0 Å². The molecule has 0 saturated carbocycles. The second-order valence-corrected chi connectivity index (χ2v) is 8.32. The minimum absolute atomic E-state index is 1.09. The van der Waals surface area contributed by atoms with Gasteiger partial charge in [0.15, 0.2) is 0 Å². The summed E-state index contributed by atoms with van der Waals surface area (Å²) in [5.41, 5.74) is 0. The smallest absolute Gasteiger partial charge is 0.145 e. The van der Waals surface area contributed by atoms with E-state index in [9.17, 15) is 0 Å². The van der Waals surface area contributed by atoms with Gasteiger partial charge in [0, 0.05) is 39.3 Å². The third-order valence-electron chi connectivity index (χ3n) is 3.89. The molecule has 0 amide bonds. The molecular weight excluding hydrogens is 253 g/mol. The zero-order valence-corrected chi connectivity index (χ0v) is 15.1. The summed E-state index contributed by atoms with van der Waals surface area (Å²) < 4.78 is 7.94. The van der Waals surface area contributed by atoms with E-state index in [-0.39, 0.29) is 0 Å². The molecule has 114 valence electrons. The van der Waals surface area contributed by atoms with Gasteiger partial charge in [0.2, 0.25) is 0 Å². The van der Waals surface area contributed by atoms with Crippen molar-refractivity contribution in [2.75, 3.05) is 39.3 Å². The van der Waals surface area contributed by atoms with Crippen LogP contribution in [0.15, 0.2) is 11.9 Å². The summed E-state index contributed by atoms with van der Waals surface area (Å²) in [6.07, 6.45) is 0. The molecule has 0 rings (SSSR count). The fourth-order valence-corrected chi connectivity index (χ4v) is 8.00. The highest BCUT2D eigenvalue weighted by Crippen LogP contribution is 2.72. The Balaban J connectivity index is 5.92. The second kappa shape index (κ2) is 9.07. The summed E-state index contributed by atoms with van der Waals surface area (Å²) in [4.78, 5) is 0. The van der Waals surface area contributed by atoms with Gasteiger partial charge in [-0.3, -0.25) is 0 Å². The van der Waals surface area contributed by atoms with Gasteiger partial charge in [-0.2, -0.15) is 0 Å². The molecule has 0 heterocycles. The Morgan fingerprint density at radius 3 is 1.00 bits per heavy atom. The highest BCUT2D eigenvalue weighted by atomic mass is 31.2. The fraction of sp³-hybridized carbons (Fsp3) is 0.867. The van der Waals surface area contributed by atoms with Crippen molar-refractivity contribution in [3.63, 3.8) is 0 Å². The summed E-state index contributed by atoms with van der Waals surface area (Å²) in [6, 6.07) is 0. The Morgan fingerprint density at radius 2 is 0.895 bits per heavy atom. The van der Waals surface area contributed by atoms with E-state index in [1.807, 2.05) is 0 Å². The molecule has 0 saturated heterocycles. The predicted molar refractivity (Wildman–Crippen MR) is 90.5 cm³/mol. The minimum Gasteiger partial charge on any atom is -0.145 e. The zero-order chi connectivity index (χ0) is 15.1. The van der Waals surface area contributed by atoms with Crippen molar-refractivity contribution in [1.29, 1.82) is 0 Å². The van der Waals surface area contributed by atoms with Gasteiger partial charge < -0.3 is 0 Å². The van der Waals surface area contributed by atoms with Crippen LogP contribution < -0.4 is 0 Å². The van der Waals surface area contributed by atoms with Crippen LogP contribution in [0.2, 0.25) is 0 Å². The fourth-order valence-electron chi connectivity index (χ4n) is 3.11. The standard InChI is InChI=1S/C15H35N3P/c1-9-16(10-2)19(15(7)8,17(11-3)12-4)18(13-5)14-6/h7,9-14H2,1-6,8H3/q+1. The van der Waals surface area contributed by atoms with Crippen LogP contribution in [0, 0.1) is 0 Å². The Labute approximate surface area is 122 Å². The lowest BCUT2D eigenvalue weighted by atomic mass is 10.6. The highest BCUT2D eigenvalue weighted by Gasteiger charge is 2.54. The van der Waals surface area contributed by atoms with Crippen LogP contribution in [0.25, 0.3) is 0 Å².